The van der Waals surface area contributed by atoms with E-state index in [0.717, 1.165) is 0 Å². The Balaban J connectivity index is 1.39. The van der Waals surface area contributed by atoms with Crippen molar-refractivity contribution >= 4 is 23.9 Å². The van der Waals surface area contributed by atoms with Gasteiger partial charge in [-0.15, -0.1) is 5.10 Å². The lowest BCUT2D eigenvalue weighted by Crippen LogP contribution is -2.19. The maximum Gasteiger partial charge on any atom is 0.341 e. The first-order valence-corrected chi connectivity index (χ1v) is 10.2. The van der Waals surface area contributed by atoms with Crippen molar-refractivity contribution in [2.75, 3.05) is 19.1 Å². The summed E-state index contributed by atoms with van der Waals surface area (Å²) in [6.45, 7) is -0.378. The molecule has 0 unspecified atom stereocenters. The topological polar surface area (TPSA) is 202 Å². The van der Waals surface area contributed by atoms with Crippen LogP contribution in [0, 0.1) is 0 Å². The fourth-order valence-corrected chi connectivity index (χ4v) is 3.24. The summed E-state index contributed by atoms with van der Waals surface area (Å²) in [5.41, 5.74) is 9.52. The molecule has 0 spiro atoms. The highest BCUT2D eigenvalue weighted by Gasteiger charge is 2.26. The van der Waals surface area contributed by atoms with Crippen LogP contribution in [0.1, 0.15) is 16.1 Å². The SMILES string of the molecule is Nc1nonc1-n1nnc(C(=O)N/N=C/c2ccc(OCC(=O)O)cc2)c1-c1ccc2c(c1)OCO2. The third-order valence-electron chi connectivity index (χ3n) is 4.85. The van der Waals surface area contributed by atoms with Crippen LogP contribution in [-0.4, -0.2) is 61.9 Å². The zero-order valence-corrected chi connectivity index (χ0v) is 18.2. The summed E-state index contributed by atoms with van der Waals surface area (Å²) in [4.78, 5) is 23.6. The normalized spacial score (nSPS) is 12.1. The number of carboxylic acids is 1. The summed E-state index contributed by atoms with van der Waals surface area (Å²) >= 11 is 0. The molecule has 36 heavy (non-hydrogen) atoms. The molecule has 4 N–H and O–H groups in total. The Morgan fingerprint density at radius 3 is 2.72 bits per heavy atom. The van der Waals surface area contributed by atoms with Crippen molar-refractivity contribution in [2.45, 2.75) is 0 Å². The van der Waals surface area contributed by atoms with E-state index < -0.39 is 18.5 Å². The number of aliphatic carboxylic acids is 1. The zero-order valence-electron chi connectivity index (χ0n) is 18.2. The number of anilines is 1. The van der Waals surface area contributed by atoms with Crippen molar-refractivity contribution in [1.29, 1.82) is 0 Å². The molecule has 2 aromatic heterocycles. The number of nitrogen functional groups attached to an aromatic ring is 1. The largest absolute Gasteiger partial charge is 0.482 e. The summed E-state index contributed by atoms with van der Waals surface area (Å²) in [5.74, 6) is -0.345. The van der Waals surface area contributed by atoms with E-state index in [2.05, 4.69) is 35.8 Å². The number of fused-ring (bicyclic) bond motifs is 1. The van der Waals surface area contributed by atoms with Gasteiger partial charge in [0.2, 0.25) is 18.4 Å². The van der Waals surface area contributed by atoms with Crippen LogP contribution in [0.3, 0.4) is 0 Å². The van der Waals surface area contributed by atoms with Gasteiger partial charge in [0.25, 0.3) is 5.91 Å². The van der Waals surface area contributed by atoms with E-state index in [1.807, 2.05) is 0 Å². The monoisotopic (exact) mass is 492 g/mol. The van der Waals surface area contributed by atoms with Gasteiger partial charge >= 0.3 is 5.97 Å². The Morgan fingerprint density at radius 2 is 1.97 bits per heavy atom. The number of hydrazone groups is 1. The standard InChI is InChI=1S/C21H16N8O7/c22-19-20(27-36-26-19)29-18(12-3-6-14-15(7-12)35-10-34-14)17(24-28-29)21(32)25-23-8-11-1-4-13(5-2-11)33-9-16(30)31/h1-8H,9-10H2,(H2,22,26)(H,25,32)(H,30,31)/b23-8+. The van der Waals surface area contributed by atoms with Crippen LogP contribution in [0.25, 0.3) is 17.1 Å². The predicted octanol–water partition coefficient (Wildman–Crippen LogP) is 0.856. The van der Waals surface area contributed by atoms with Crippen molar-refractivity contribution in [2.24, 2.45) is 5.10 Å². The molecule has 0 saturated carbocycles. The Hall–Kier alpha value is -5.47. The molecule has 0 radical (unpaired) electrons. The molecule has 0 fully saturated rings. The third kappa shape index (κ3) is 4.47. The maximum atomic E-state index is 13.0. The molecule has 2 aromatic carbocycles. The number of nitrogens with one attached hydrogen (secondary N) is 1. The van der Waals surface area contributed by atoms with E-state index in [4.69, 9.17) is 25.1 Å². The van der Waals surface area contributed by atoms with Gasteiger partial charge in [-0.2, -0.15) is 9.78 Å². The molecule has 0 saturated heterocycles. The minimum Gasteiger partial charge on any atom is -0.482 e. The minimum absolute atomic E-state index is 0.0444. The molecule has 1 aliphatic rings. The van der Waals surface area contributed by atoms with Gasteiger partial charge in [0, 0.05) is 5.56 Å². The lowest BCUT2D eigenvalue weighted by atomic mass is 10.1. The van der Waals surface area contributed by atoms with Gasteiger partial charge in [-0.3, -0.25) is 4.79 Å². The Bertz CT molecular complexity index is 1460. The number of aromatic nitrogens is 5. The molecule has 4 aromatic rings. The molecule has 3 heterocycles. The first kappa shape index (κ1) is 22.3. The second kappa shape index (κ2) is 9.41. The van der Waals surface area contributed by atoms with Crippen LogP contribution < -0.4 is 25.4 Å². The quantitative estimate of drug-likeness (QED) is 0.231. The number of rotatable bonds is 8. The molecule has 182 valence electrons. The Labute approximate surface area is 201 Å². The number of nitrogens with zero attached hydrogens (tertiary/aromatic N) is 6. The summed E-state index contributed by atoms with van der Waals surface area (Å²) in [7, 11) is 0. The van der Waals surface area contributed by atoms with Gasteiger partial charge in [0.1, 0.15) is 11.4 Å². The Kier molecular flexibility index (Phi) is 5.84. The van der Waals surface area contributed by atoms with Gasteiger partial charge in [0.05, 0.1) is 6.21 Å². The molecule has 0 atom stereocenters. The Morgan fingerprint density at radius 1 is 1.17 bits per heavy atom. The van der Waals surface area contributed by atoms with E-state index in [-0.39, 0.29) is 29.8 Å². The van der Waals surface area contributed by atoms with Crippen LogP contribution in [-0.2, 0) is 4.79 Å². The molecule has 1 aliphatic heterocycles. The average Bonchev–Trinajstić information content (AvgIpc) is 3.62. The van der Waals surface area contributed by atoms with E-state index in [9.17, 15) is 9.59 Å². The summed E-state index contributed by atoms with van der Waals surface area (Å²) in [5, 5.41) is 27.9. The highest BCUT2D eigenvalue weighted by atomic mass is 16.7. The third-order valence-corrected chi connectivity index (χ3v) is 4.85. The van der Waals surface area contributed by atoms with Gasteiger partial charge in [-0.05, 0) is 58.3 Å². The minimum atomic E-state index is -1.08. The smallest absolute Gasteiger partial charge is 0.341 e. The molecule has 0 bridgehead atoms. The van der Waals surface area contributed by atoms with Gasteiger partial charge in [-0.1, -0.05) is 5.21 Å². The summed E-state index contributed by atoms with van der Waals surface area (Å²) in [6.07, 6.45) is 1.39. The molecule has 1 amide bonds. The maximum absolute atomic E-state index is 13.0. The number of carbonyl (C=O) groups excluding carboxylic acids is 1. The fourth-order valence-electron chi connectivity index (χ4n) is 3.24. The van der Waals surface area contributed by atoms with Crippen molar-refractivity contribution in [3.63, 3.8) is 0 Å². The van der Waals surface area contributed by atoms with Gasteiger partial charge < -0.3 is 25.1 Å². The van der Waals surface area contributed by atoms with Crippen LogP contribution in [0.4, 0.5) is 5.82 Å². The summed E-state index contributed by atoms with van der Waals surface area (Å²) in [6, 6.07) is 11.5. The number of amides is 1. The summed E-state index contributed by atoms with van der Waals surface area (Å²) < 4.78 is 21.7. The molecular weight excluding hydrogens is 476 g/mol. The number of nitrogens with two attached hydrogens (primary N) is 1. The highest BCUT2D eigenvalue weighted by Crippen LogP contribution is 2.37. The second-order valence-electron chi connectivity index (χ2n) is 7.19. The van der Waals surface area contributed by atoms with E-state index in [1.54, 1.807) is 42.5 Å². The van der Waals surface area contributed by atoms with Crippen LogP contribution in [0.5, 0.6) is 17.2 Å². The molecule has 15 nitrogen and oxygen atoms in total. The first-order chi connectivity index (χ1) is 17.5. The van der Waals surface area contributed by atoms with E-state index in [0.29, 0.717) is 28.4 Å². The number of hydrogen-bond donors (Lipinski definition) is 3. The average molecular weight is 492 g/mol. The second-order valence-corrected chi connectivity index (χ2v) is 7.19. The van der Waals surface area contributed by atoms with Crippen molar-refractivity contribution in [3.05, 3.63) is 53.7 Å². The van der Waals surface area contributed by atoms with Crippen LogP contribution in [0.15, 0.2) is 52.2 Å². The highest BCUT2D eigenvalue weighted by molar-refractivity contribution is 5.99. The lowest BCUT2D eigenvalue weighted by molar-refractivity contribution is -0.139. The first-order valence-electron chi connectivity index (χ1n) is 10.2. The molecule has 5 rings (SSSR count). The van der Waals surface area contributed by atoms with Crippen molar-refractivity contribution < 1.29 is 33.5 Å². The number of benzene rings is 2. The number of hydrogen-bond acceptors (Lipinski definition) is 12. The molecular formula is C21H16N8O7. The predicted molar refractivity (Wildman–Crippen MR) is 120 cm³/mol. The number of ether oxygens (including phenoxy) is 3. The van der Waals surface area contributed by atoms with Crippen LogP contribution in [0.2, 0.25) is 0 Å². The van der Waals surface area contributed by atoms with Gasteiger partial charge in [-0.25, -0.2) is 14.8 Å². The van der Waals surface area contributed by atoms with Crippen molar-refractivity contribution in [1.82, 2.24) is 30.7 Å². The number of carbonyl (C=O) groups is 2. The van der Waals surface area contributed by atoms with Crippen molar-refractivity contribution in [3.8, 4) is 34.3 Å². The number of carboxylic acid groups (broad SMARTS) is 1. The van der Waals surface area contributed by atoms with Gasteiger partial charge in [0.15, 0.2) is 23.8 Å². The molecule has 15 heteroatoms. The lowest BCUT2D eigenvalue weighted by Gasteiger charge is -2.07. The molecule has 0 aliphatic carbocycles. The van der Waals surface area contributed by atoms with Crippen LogP contribution >= 0.6 is 0 Å². The zero-order chi connectivity index (χ0) is 25.1. The van der Waals surface area contributed by atoms with E-state index in [1.165, 1.54) is 10.9 Å². The van der Waals surface area contributed by atoms with E-state index >= 15 is 0 Å². The fraction of sp³-hybridized carbons (Fsp3) is 0.0952.